The van der Waals surface area contributed by atoms with Gasteiger partial charge in [0.05, 0.1) is 0 Å². The van der Waals surface area contributed by atoms with Crippen LogP contribution in [-0.2, 0) is 14.2 Å². The summed E-state index contributed by atoms with van der Waals surface area (Å²) in [6.45, 7) is -0.0490. The normalized spacial score (nSPS) is 9.43. The van der Waals surface area contributed by atoms with Gasteiger partial charge in [-0.1, -0.05) is 0 Å². The zero-order chi connectivity index (χ0) is 9.94. The van der Waals surface area contributed by atoms with E-state index in [9.17, 15) is 14.2 Å². The van der Waals surface area contributed by atoms with Crippen molar-refractivity contribution in [3.05, 3.63) is 0 Å². The SMILES string of the molecule is CC(=O)N(O)CC(=O)P(=O)(O)O.[H-].[H-].[Na+].[Na+]. The van der Waals surface area contributed by atoms with E-state index in [-0.39, 0.29) is 67.0 Å². The molecule has 0 aromatic heterocycles. The van der Waals surface area contributed by atoms with Crippen LogP contribution in [0.3, 0.4) is 0 Å². The van der Waals surface area contributed by atoms with Crippen molar-refractivity contribution in [1.29, 1.82) is 0 Å². The molecule has 0 saturated heterocycles. The third kappa shape index (κ3) is 8.55. The zero-order valence-corrected chi connectivity index (χ0v) is 13.1. The maximum absolute atomic E-state index is 10.5. The van der Waals surface area contributed by atoms with Gasteiger partial charge in [0.15, 0.2) is 0 Å². The van der Waals surface area contributed by atoms with Crippen LogP contribution in [0.1, 0.15) is 9.78 Å². The average Bonchev–Trinajstić information content (AvgIpc) is 1.85. The molecule has 0 heterocycles. The van der Waals surface area contributed by atoms with Gasteiger partial charge in [0.1, 0.15) is 6.54 Å². The van der Waals surface area contributed by atoms with Crippen LogP contribution in [0.15, 0.2) is 0 Å². The van der Waals surface area contributed by atoms with Crippen molar-refractivity contribution in [3.8, 4) is 0 Å². The first-order chi connectivity index (χ1) is 5.25. The van der Waals surface area contributed by atoms with Crippen molar-refractivity contribution in [1.82, 2.24) is 5.06 Å². The molecule has 0 aliphatic rings. The fourth-order valence-corrected chi connectivity index (χ4v) is 0.650. The van der Waals surface area contributed by atoms with Crippen LogP contribution in [0.4, 0.5) is 0 Å². The summed E-state index contributed by atoms with van der Waals surface area (Å²) >= 11 is 0. The van der Waals surface area contributed by atoms with E-state index < -0.39 is 25.6 Å². The second kappa shape index (κ2) is 8.41. The van der Waals surface area contributed by atoms with E-state index >= 15 is 0 Å². The number of carbonyl (C=O) groups is 2. The van der Waals surface area contributed by atoms with Gasteiger partial charge in [-0.2, -0.15) is 0 Å². The van der Waals surface area contributed by atoms with Gasteiger partial charge in [0, 0.05) is 6.92 Å². The third-order valence-corrected chi connectivity index (χ3v) is 1.76. The molecular formula is C4H10NNa2O6P. The minimum atomic E-state index is -4.84. The molecule has 0 aliphatic heterocycles. The molecule has 0 rings (SSSR count). The molecule has 0 bridgehead atoms. The van der Waals surface area contributed by atoms with Gasteiger partial charge >= 0.3 is 66.7 Å². The molecule has 0 atom stereocenters. The Morgan fingerprint density at radius 1 is 1.36 bits per heavy atom. The van der Waals surface area contributed by atoms with Gasteiger partial charge in [-0.15, -0.1) is 0 Å². The monoisotopic (exact) mass is 245 g/mol. The van der Waals surface area contributed by atoms with Gasteiger partial charge in [0.2, 0.25) is 5.91 Å². The predicted molar refractivity (Wildman–Crippen MR) is 38.4 cm³/mol. The molecule has 0 aromatic carbocycles. The van der Waals surface area contributed by atoms with Gasteiger partial charge in [-0.3, -0.25) is 19.4 Å². The summed E-state index contributed by atoms with van der Waals surface area (Å²) in [6.07, 6.45) is 0. The van der Waals surface area contributed by atoms with Crippen LogP contribution in [0, 0.1) is 0 Å². The number of amides is 1. The van der Waals surface area contributed by atoms with Crippen molar-refractivity contribution in [2.24, 2.45) is 0 Å². The largest absolute Gasteiger partial charge is 1.00 e. The van der Waals surface area contributed by atoms with Gasteiger partial charge < -0.3 is 12.6 Å². The van der Waals surface area contributed by atoms with E-state index in [2.05, 4.69) is 0 Å². The van der Waals surface area contributed by atoms with Crippen molar-refractivity contribution in [3.63, 3.8) is 0 Å². The summed E-state index contributed by atoms with van der Waals surface area (Å²) in [6, 6.07) is 0. The number of nitrogens with zero attached hydrogens (tertiary/aromatic N) is 1. The Labute approximate surface area is 128 Å². The third-order valence-electron chi connectivity index (χ3n) is 0.973. The van der Waals surface area contributed by atoms with Crippen molar-refractivity contribution >= 4 is 19.0 Å². The number of hydrogen-bond donors (Lipinski definition) is 3. The molecule has 10 heteroatoms. The molecule has 0 saturated carbocycles. The first-order valence-corrected chi connectivity index (χ1v) is 4.42. The molecule has 0 unspecified atom stereocenters. The van der Waals surface area contributed by atoms with Crippen LogP contribution in [-0.4, -0.2) is 38.0 Å². The molecule has 0 spiro atoms. The summed E-state index contributed by atoms with van der Waals surface area (Å²) in [5.74, 6) is -0.864. The van der Waals surface area contributed by atoms with E-state index in [4.69, 9.17) is 15.0 Å². The molecule has 1 amide bonds. The van der Waals surface area contributed by atoms with E-state index in [1.807, 2.05) is 0 Å². The summed E-state index contributed by atoms with van der Waals surface area (Å²) in [5, 5.41) is 8.51. The van der Waals surface area contributed by atoms with Gasteiger partial charge in [-0.25, -0.2) is 5.06 Å². The minimum Gasteiger partial charge on any atom is -1.00 e. The predicted octanol–water partition coefficient (Wildman–Crippen LogP) is -6.84. The van der Waals surface area contributed by atoms with Crippen LogP contribution >= 0.6 is 7.60 Å². The molecule has 3 N–H and O–H groups in total. The second-order valence-electron chi connectivity index (χ2n) is 2.01. The van der Waals surface area contributed by atoms with Crippen LogP contribution in [0.25, 0.3) is 0 Å². The maximum atomic E-state index is 10.5. The number of carbonyl (C=O) groups excluding carboxylic acids is 2. The fourth-order valence-electron chi connectivity index (χ4n) is 0.332. The molecule has 0 aliphatic carbocycles. The van der Waals surface area contributed by atoms with Crippen molar-refractivity contribution < 1.29 is 91.1 Å². The first kappa shape index (κ1) is 20.6. The number of hydroxylamine groups is 2. The van der Waals surface area contributed by atoms with E-state index in [0.29, 0.717) is 0 Å². The van der Waals surface area contributed by atoms with Crippen molar-refractivity contribution in [2.45, 2.75) is 6.92 Å². The molecule has 0 fully saturated rings. The van der Waals surface area contributed by atoms with Crippen LogP contribution < -0.4 is 59.1 Å². The molecule has 14 heavy (non-hydrogen) atoms. The Bertz CT molecular complexity index is 261. The summed E-state index contributed by atoms with van der Waals surface area (Å²) in [7, 11) is -4.84. The summed E-state index contributed by atoms with van der Waals surface area (Å²) in [4.78, 5) is 37.2. The Morgan fingerprint density at radius 2 is 1.71 bits per heavy atom. The Morgan fingerprint density at radius 3 is 1.93 bits per heavy atom. The summed E-state index contributed by atoms with van der Waals surface area (Å²) in [5.41, 5.74) is -1.50. The zero-order valence-electron chi connectivity index (χ0n) is 10.2. The number of hydrogen-bond acceptors (Lipinski definition) is 4. The minimum absolute atomic E-state index is 0. The Kier molecular flexibility index (Phi) is 12.4. The van der Waals surface area contributed by atoms with Gasteiger partial charge in [-0.05, 0) is 0 Å². The molecule has 74 valence electrons. The summed E-state index contributed by atoms with van der Waals surface area (Å²) < 4.78 is 10.2. The first-order valence-electron chi connectivity index (χ1n) is 2.81. The second-order valence-corrected chi connectivity index (χ2v) is 3.60. The molecular weight excluding hydrogens is 235 g/mol. The quantitative estimate of drug-likeness (QED) is 0.197. The van der Waals surface area contributed by atoms with E-state index in [1.165, 1.54) is 0 Å². The smallest absolute Gasteiger partial charge is 1.00 e. The maximum Gasteiger partial charge on any atom is 1.00 e. The number of rotatable bonds is 3. The standard InChI is InChI=1S/C4H8NO6P.2Na.2H/c1-3(6)5(8)2-4(7)12(9,10)11;;;;/h8H,2H2,1H3,(H2,9,10,11);;;;/q;2*+1;2*-1. The molecule has 0 aromatic rings. The molecule has 7 nitrogen and oxygen atoms in total. The van der Waals surface area contributed by atoms with Gasteiger partial charge in [0.25, 0.3) is 5.52 Å². The van der Waals surface area contributed by atoms with Crippen LogP contribution in [0.5, 0.6) is 0 Å². The van der Waals surface area contributed by atoms with E-state index in [0.717, 1.165) is 6.92 Å². The van der Waals surface area contributed by atoms with E-state index in [1.54, 1.807) is 0 Å². The fraction of sp³-hybridized carbons (Fsp3) is 0.500. The van der Waals surface area contributed by atoms with Crippen molar-refractivity contribution in [2.75, 3.05) is 6.54 Å². The van der Waals surface area contributed by atoms with Crippen LogP contribution in [0.2, 0.25) is 0 Å². The Hall–Kier alpha value is 1.25. The topological polar surface area (TPSA) is 115 Å². The average molecular weight is 245 g/mol. The molecule has 0 radical (unpaired) electrons. The Balaban J connectivity index is -0.000000101.